The predicted octanol–water partition coefficient (Wildman–Crippen LogP) is 4.01. The average Bonchev–Trinajstić information content (AvgIpc) is 3.09. The summed E-state index contributed by atoms with van der Waals surface area (Å²) in [4.78, 5) is 2.56. The van der Waals surface area contributed by atoms with Gasteiger partial charge in [-0.2, -0.15) is 0 Å². The standard InChI is InChI=1S/C19H23ClN4O3/c20-12-7-8-15-16(10-12)25-11-17(26-15)21-19-23-22-18(27-19)14-6-1-2-9-24(14)13-4-3-5-13/h7-8,10,13-14,17H,1-6,9,11H2,(H,21,23). The van der Waals surface area contributed by atoms with E-state index in [9.17, 15) is 0 Å². The lowest BCUT2D eigenvalue weighted by molar-refractivity contribution is 0.0383. The van der Waals surface area contributed by atoms with E-state index in [1.54, 1.807) is 18.2 Å². The maximum absolute atomic E-state index is 5.98. The molecule has 1 aliphatic carbocycles. The third-order valence-corrected chi connectivity index (χ3v) is 5.90. The molecule has 0 spiro atoms. The van der Waals surface area contributed by atoms with Gasteiger partial charge >= 0.3 is 6.01 Å². The molecule has 144 valence electrons. The first-order valence-corrected chi connectivity index (χ1v) is 10.1. The van der Waals surface area contributed by atoms with Gasteiger partial charge in [0.25, 0.3) is 0 Å². The highest BCUT2D eigenvalue weighted by atomic mass is 35.5. The number of nitrogens with one attached hydrogen (secondary N) is 1. The first-order valence-electron chi connectivity index (χ1n) is 9.71. The molecule has 1 saturated heterocycles. The number of rotatable bonds is 4. The number of nitrogens with zero attached hydrogens (tertiary/aromatic N) is 3. The Hall–Kier alpha value is -1.99. The minimum atomic E-state index is -0.388. The second-order valence-corrected chi connectivity index (χ2v) is 7.87. The molecule has 7 nitrogen and oxygen atoms in total. The van der Waals surface area contributed by atoms with E-state index in [0.717, 1.165) is 13.0 Å². The molecule has 3 heterocycles. The number of halogens is 1. The second-order valence-electron chi connectivity index (χ2n) is 7.43. The molecule has 2 aromatic rings. The van der Waals surface area contributed by atoms with Crippen molar-refractivity contribution < 1.29 is 13.9 Å². The monoisotopic (exact) mass is 390 g/mol. The summed E-state index contributed by atoms with van der Waals surface area (Å²) in [5.41, 5.74) is 0. The molecule has 2 aliphatic heterocycles. The fraction of sp³-hybridized carbons (Fsp3) is 0.579. The van der Waals surface area contributed by atoms with Gasteiger partial charge in [0.2, 0.25) is 12.1 Å². The van der Waals surface area contributed by atoms with Gasteiger partial charge < -0.3 is 13.9 Å². The maximum atomic E-state index is 5.98. The molecule has 5 rings (SSSR count). The molecule has 2 unspecified atom stereocenters. The van der Waals surface area contributed by atoms with Crippen LogP contribution in [-0.2, 0) is 0 Å². The number of anilines is 1. The lowest BCUT2D eigenvalue weighted by atomic mass is 9.87. The summed E-state index contributed by atoms with van der Waals surface area (Å²) >= 11 is 5.98. The van der Waals surface area contributed by atoms with Gasteiger partial charge in [0.05, 0.1) is 6.04 Å². The molecule has 8 heteroatoms. The fourth-order valence-electron chi connectivity index (χ4n) is 4.06. The topological polar surface area (TPSA) is 72.7 Å². The quantitative estimate of drug-likeness (QED) is 0.845. The second kappa shape index (κ2) is 7.20. The van der Waals surface area contributed by atoms with Crippen molar-refractivity contribution in [1.82, 2.24) is 15.1 Å². The van der Waals surface area contributed by atoms with Gasteiger partial charge in [-0.05, 0) is 44.4 Å². The zero-order valence-electron chi connectivity index (χ0n) is 15.1. The molecule has 2 atom stereocenters. The van der Waals surface area contributed by atoms with Crippen molar-refractivity contribution in [3.8, 4) is 11.5 Å². The Labute approximate surface area is 163 Å². The summed E-state index contributed by atoms with van der Waals surface area (Å²) < 4.78 is 17.6. The van der Waals surface area contributed by atoms with Crippen LogP contribution in [0.4, 0.5) is 6.01 Å². The van der Waals surface area contributed by atoms with Crippen molar-refractivity contribution in [3.05, 3.63) is 29.1 Å². The van der Waals surface area contributed by atoms with Crippen LogP contribution in [0.3, 0.4) is 0 Å². The van der Waals surface area contributed by atoms with Gasteiger partial charge in [0, 0.05) is 17.1 Å². The van der Waals surface area contributed by atoms with Crippen molar-refractivity contribution in [2.75, 3.05) is 18.5 Å². The van der Waals surface area contributed by atoms with Crippen LogP contribution in [0.15, 0.2) is 22.6 Å². The van der Waals surface area contributed by atoms with E-state index in [4.69, 9.17) is 25.5 Å². The van der Waals surface area contributed by atoms with Gasteiger partial charge in [-0.3, -0.25) is 10.2 Å². The molecular weight excluding hydrogens is 368 g/mol. The molecule has 0 bridgehead atoms. The molecular formula is C19H23ClN4O3. The average molecular weight is 391 g/mol. The zero-order valence-corrected chi connectivity index (χ0v) is 15.8. The van der Waals surface area contributed by atoms with Crippen molar-refractivity contribution >= 4 is 17.6 Å². The lowest BCUT2D eigenvalue weighted by Gasteiger charge is -2.43. The van der Waals surface area contributed by atoms with Gasteiger partial charge in [0.15, 0.2) is 11.5 Å². The molecule has 1 aromatic carbocycles. The predicted molar refractivity (Wildman–Crippen MR) is 100 cm³/mol. The Morgan fingerprint density at radius 2 is 2.00 bits per heavy atom. The summed E-state index contributed by atoms with van der Waals surface area (Å²) in [6, 6.07) is 6.60. The highest BCUT2D eigenvalue weighted by molar-refractivity contribution is 6.30. The van der Waals surface area contributed by atoms with Crippen molar-refractivity contribution in [1.29, 1.82) is 0 Å². The number of piperidine rings is 1. The summed E-state index contributed by atoms with van der Waals surface area (Å²) in [5.74, 6) is 1.99. The van der Waals surface area contributed by atoms with Gasteiger partial charge in [-0.1, -0.05) is 29.5 Å². The highest BCUT2D eigenvalue weighted by Crippen LogP contribution is 2.38. The molecule has 1 saturated carbocycles. The third kappa shape index (κ3) is 3.46. The molecule has 3 aliphatic rings. The van der Waals surface area contributed by atoms with Crippen LogP contribution in [-0.4, -0.2) is 40.5 Å². The van der Waals surface area contributed by atoms with Gasteiger partial charge in [-0.15, -0.1) is 5.10 Å². The lowest BCUT2D eigenvalue weighted by Crippen LogP contribution is -2.45. The highest BCUT2D eigenvalue weighted by Gasteiger charge is 2.36. The van der Waals surface area contributed by atoms with Crippen molar-refractivity contribution in [2.24, 2.45) is 0 Å². The summed E-state index contributed by atoms with van der Waals surface area (Å²) in [6.07, 6.45) is 7.05. The number of benzene rings is 1. The van der Waals surface area contributed by atoms with Crippen LogP contribution in [0.5, 0.6) is 11.5 Å². The van der Waals surface area contributed by atoms with Crippen LogP contribution in [0.2, 0.25) is 5.02 Å². The fourth-order valence-corrected chi connectivity index (χ4v) is 4.22. The van der Waals surface area contributed by atoms with Crippen LogP contribution in [0.1, 0.15) is 50.5 Å². The minimum absolute atomic E-state index is 0.235. The SMILES string of the molecule is Clc1ccc2c(c1)OCC(Nc1nnc(C3CCCCN3C3CCC3)o1)O2. The maximum Gasteiger partial charge on any atom is 0.318 e. The normalized spacial score (nSPS) is 25.8. The Morgan fingerprint density at radius 3 is 2.85 bits per heavy atom. The zero-order chi connectivity index (χ0) is 18.2. The smallest absolute Gasteiger partial charge is 0.318 e. The Kier molecular flexibility index (Phi) is 4.57. The van der Waals surface area contributed by atoms with E-state index in [0.29, 0.717) is 41.1 Å². The van der Waals surface area contributed by atoms with E-state index >= 15 is 0 Å². The molecule has 1 aromatic heterocycles. The number of ether oxygens (including phenoxy) is 2. The first kappa shape index (κ1) is 17.1. The Bertz CT molecular complexity index is 810. The minimum Gasteiger partial charge on any atom is -0.484 e. The van der Waals surface area contributed by atoms with E-state index in [2.05, 4.69) is 20.4 Å². The molecule has 1 N–H and O–H groups in total. The Balaban J connectivity index is 1.26. The number of hydrogen-bond acceptors (Lipinski definition) is 7. The van der Waals surface area contributed by atoms with E-state index in [-0.39, 0.29) is 12.3 Å². The molecule has 27 heavy (non-hydrogen) atoms. The molecule has 0 radical (unpaired) electrons. The number of fused-ring (bicyclic) bond motifs is 1. The first-order chi connectivity index (χ1) is 13.3. The number of aromatic nitrogens is 2. The Morgan fingerprint density at radius 1 is 1.07 bits per heavy atom. The van der Waals surface area contributed by atoms with Gasteiger partial charge in [-0.25, -0.2) is 0 Å². The summed E-state index contributed by atoms with van der Waals surface area (Å²) in [6.45, 7) is 1.46. The number of likely N-dealkylation sites (tertiary alicyclic amines) is 1. The van der Waals surface area contributed by atoms with E-state index in [1.807, 2.05) is 0 Å². The van der Waals surface area contributed by atoms with Crippen molar-refractivity contribution in [3.63, 3.8) is 0 Å². The molecule has 2 fully saturated rings. The largest absolute Gasteiger partial charge is 0.484 e. The van der Waals surface area contributed by atoms with Crippen LogP contribution < -0.4 is 14.8 Å². The van der Waals surface area contributed by atoms with Crippen LogP contribution in [0, 0.1) is 0 Å². The van der Waals surface area contributed by atoms with Crippen LogP contribution in [0.25, 0.3) is 0 Å². The summed E-state index contributed by atoms with van der Waals surface area (Å²) in [7, 11) is 0. The van der Waals surface area contributed by atoms with Crippen LogP contribution >= 0.6 is 11.6 Å². The van der Waals surface area contributed by atoms with E-state index in [1.165, 1.54) is 32.1 Å². The van der Waals surface area contributed by atoms with Crippen molar-refractivity contribution in [2.45, 2.75) is 56.8 Å². The molecule has 0 amide bonds. The third-order valence-electron chi connectivity index (χ3n) is 5.66. The summed E-state index contributed by atoms with van der Waals surface area (Å²) in [5, 5.41) is 12.2. The van der Waals surface area contributed by atoms with Gasteiger partial charge in [0.1, 0.15) is 6.61 Å². The van der Waals surface area contributed by atoms with E-state index < -0.39 is 0 Å². The number of hydrogen-bond donors (Lipinski definition) is 1.